The van der Waals surface area contributed by atoms with Gasteiger partial charge in [0.25, 0.3) is 5.91 Å². The zero-order valence-corrected chi connectivity index (χ0v) is 11.2. The molecule has 2 aromatic rings. The lowest BCUT2D eigenvalue weighted by Crippen LogP contribution is -2.14. The Morgan fingerprint density at radius 1 is 1.15 bits per heavy atom. The third-order valence-corrected chi connectivity index (χ3v) is 3.08. The number of benzene rings is 2. The third-order valence-electron chi connectivity index (χ3n) is 3.08. The van der Waals surface area contributed by atoms with E-state index >= 15 is 0 Å². The lowest BCUT2D eigenvalue weighted by molar-refractivity contribution is 0.100. The van der Waals surface area contributed by atoms with Gasteiger partial charge in [0.15, 0.2) is 11.6 Å². The lowest BCUT2D eigenvalue weighted by Gasteiger charge is -2.11. The van der Waals surface area contributed by atoms with Gasteiger partial charge in [0, 0.05) is 11.8 Å². The van der Waals surface area contributed by atoms with Crippen LogP contribution >= 0.6 is 0 Å². The highest BCUT2D eigenvalue weighted by Crippen LogP contribution is 2.29. The highest BCUT2D eigenvalue weighted by atomic mass is 19.1. The van der Waals surface area contributed by atoms with Gasteiger partial charge < -0.3 is 16.2 Å². The quantitative estimate of drug-likeness (QED) is 0.845. The number of nitrogen functional groups attached to an aromatic ring is 1. The van der Waals surface area contributed by atoms with Crippen molar-refractivity contribution in [1.29, 1.82) is 0 Å². The van der Waals surface area contributed by atoms with Crippen LogP contribution in [0.2, 0.25) is 0 Å². The van der Waals surface area contributed by atoms with Crippen molar-refractivity contribution in [2.45, 2.75) is 13.8 Å². The molecule has 0 aliphatic heterocycles. The maximum absolute atomic E-state index is 13.8. The van der Waals surface area contributed by atoms with Crippen LogP contribution in [0.15, 0.2) is 30.3 Å². The maximum atomic E-state index is 13.8. The molecule has 0 atom stereocenters. The van der Waals surface area contributed by atoms with Crippen LogP contribution in [0, 0.1) is 19.7 Å². The number of halogens is 1. The molecule has 0 aromatic heterocycles. The van der Waals surface area contributed by atoms with E-state index < -0.39 is 11.7 Å². The number of carbonyl (C=O) groups excluding carboxylic acids is 1. The molecule has 0 saturated heterocycles. The summed E-state index contributed by atoms with van der Waals surface area (Å²) in [5.74, 6) is -0.985. The van der Waals surface area contributed by atoms with Crippen molar-refractivity contribution in [2.24, 2.45) is 5.73 Å². The summed E-state index contributed by atoms with van der Waals surface area (Å²) in [5.41, 5.74) is 12.9. The number of amides is 1. The summed E-state index contributed by atoms with van der Waals surface area (Å²) in [6, 6.07) is 7.62. The Labute approximate surface area is 116 Å². The zero-order valence-electron chi connectivity index (χ0n) is 11.2. The van der Waals surface area contributed by atoms with Gasteiger partial charge in [-0.05, 0) is 43.2 Å². The van der Waals surface area contributed by atoms with Crippen molar-refractivity contribution in [2.75, 3.05) is 5.73 Å². The SMILES string of the molecule is Cc1ccc(Oc2cc(C(N)=O)c(N)cc2F)cc1C. The van der Waals surface area contributed by atoms with Crippen molar-refractivity contribution in [3.05, 3.63) is 52.8 Å². The van der Waals surface area contributed by atoms with Crippen LogP contribution in [0.4, 0.5) is 10.1 Å². The van der Waals surface area contributed by atoms with Gasteiger partial charge in [0.2, 0.25) is 0 Å². The average Bonchev–Trinajstić information content (AvgIpc) is 2.36. The second-order valence-electron chi connectivity index (χ2n) is 4.58. The normalized spacial score (nSPS) is 10.3. The fraction of sp³-hybridized carbons (Fsp3) is 0.133. The molecule has 4 N–H and O–H groups in total. The Balaban J connectivity index is 2.40. The molecule has 0 bridgehead atoms. The molecule has 4 nitrogen and oxygen atoms in total. The molecular formula is C15H15FN2O2. The van der Waals surface area contributed by atoms with Gasteiger partial charge in [-0.25, -0.2) is 4.39 Å². The van der Waals surface area contributed by atoms with Crippen LogP contribution in [0.25, 0.3) is 0 Å². The first-order valence-electron chi connectivity index (χ1n) is 6.02. The predicted octanol–water partition coefficient (Wildman–Crippen LogP) is 2.92. The maximum Gasteiger partial charge on any atom is 0.250 e. The van der Waals surface area contributed by atoms with Crippen LogP contribution < -0.4 is 16.2 Å². The largest absolute Gasteiger partial charge is 0.454 e. The van der Waals surface area contributed by atoms with E-state index in [9.17, 15) is 9.18 Å². The molecule has 0 heterocycles. The van der Waals surface area contributed by atoms with E-state index in [4.69, 9.17) is 16.2 Å². The smallest absolute Gasteiger partial charge is 0.250 e. The first kappa shape index (κ1) is 13.9. The van der Waals surface area contributed by atoms with Gasteiger partial charge in [-0.15, -0.1) is 0 Å². The number of anilines is 1. The summed E-state index contributed by atoms with van der Waals surface area (Å²) in [7, 11) is 0. The monoisotopic (exact) mass is 274 g/mol. The minimum atomic E-state index is -0.729. The zero-order chi connectivity index (χ0) is 14.9. The highest BCUT2D eigenvalue weighted by molar-refractivity contribution is 5.98. The van der Waals surface area contributed by atoms with E-state index in [-0.39, 0.29) is 17.0 Å². The molecule has 1 amide bonds. The number of aryl methyl sites for hydroxylation is 2. The van der Waals surface area contributed by atoms with E-state index in [1.807, 2.05) is 19.9 Å². The molecule has 0 fully saturated rings. The number of ether oxygens (including phenoxy) is 1. The Hall–Kier alpha value is -2.56. The van der Waals surface area contributed by atoms with E-state index in [0.29, 0.717) is 5.75 Å². The van der Waals surface area contributed by atoms with Crippen LogP contribution in [0.1, 0.15) is 21.5 Å². The fourth-order valence-electron chi connectivity index (χ4n) is 1.76. The predicted molar refractivity (Wildman–Crippen MR) is 75.3 cm³/mol. The molecule has 5 heteroatoms. The number of nitrogens with two attached hydrogens (primary N) is 2. The number of primary amides is 1. The van der Waals surface area contributed by atoms with E-state index in [1.54, 1.807) is 12.1 Å². The van der Waals surface area contributed by atoms with Gasteiger partial charge >= 0.3 is 0 Å². The van der Waals surface area contributed by atoms with Crippen molar-refractivity contribution in [1.82, 2.24) is 0 Å². The summed E-state index contributed by atoms with van der Waals surface area (Å²) in [4.78, 5) is 11.2. The van der Waals surface area contributed by atoms with Gasteiger partial charge in [0.05, 0.1) is 5.56 Å². The summed E-state index contributed by atoms with van der Waals surface area (Å²) in [5, 5.41) is 0. The average molecular weight is 274 g/mol. The van der Waals surface area contributed by atoms with Crippen LogP contribution in [0.5, 0.6) is 11.5 Å². The van der Waals surface area contributed by atoms with Gasteiger partial charge in [-0.2, -0.15) is 0 Å². The first-order valence-corrected chi connectivity index (χ1v) is 6.02. The second-order valence-corrected chi connectivity index (χ2v) is 4.58. The summed E-state index contributed by atoms with van der Waals surface area (Å²) in [6.45, 7) is 3.89. The molecule has 0 spiro atoms. The Kier molecular flexibility index (Phi) is 3.61. The second kappa shape index (κ2) is 5.21. The molecule has 0 radical (unpaired) electrons. The van der Waals surface area contributed by atoms with Crippen LogP contribution in [-0.2, 0) is 0 Å². The van der Waals surface area contributed by atoms with Gasteiger partial charge in [-0.3, -0.25) is 4.79 Å². The Morgan fingerprint density at radius 2 is 1.85 bits per heavy atom. The third kappa shape index (κ3) is 2.71. The van der Waals surface area contributed by atoms with Crippen molar-refractivity contribution < 1.29 is 13.9 Å². The number of hydrogen-bond acceptors (Lipinski definition) is 3. The molecule has 0 aliphatic rings. The first-order chi connectivity index (χ1) is 9.38. The molecule has 0 unspecified atom stereocenters. The Morgan fingerprint density at radius 3 is 2.45 bits per heavy atom. The molecule has 2 rings (SSSR count). The van der Waals surface area contributed by atoms with Crippen molar-refractivity contribution >= 4 is 11.6 Å². The molecular weight excluding hydrogens is 259 g/mol. The lowest BCUT2D eigenvalue weighted by atomic mass is 10.1. The van der Waals surface area contributed by atoms with E-state index in [0.717, 1.165) is 17.2 Å². The molecule has 20 heavy (non-hydrogen) atoms. The molecule has 0 aliphatic carbocycles. The number of hydrogen-bond donors (Lipinski definition) is 2. The molecule has 2 aromatic carbocycles. The fourth-order valence-corrected chi connectivity index (χ4v) is 1.76. The van der Waals surface area contributed by atoms with Crippen LogP contribution in [0.3, 0.4) is 0 Å². The van der Waals surface area contributed by atoms with Crippen LogP contribution in [-0.4, -0.2) is 5.91 Å². The number of rotatable bonds is 3. The molecule has 104 valence electrons. The topological polar surface area (TPSA) is 78.3 Å². The Bertz CT molecular complexity index is 684. The van der Waals surface area contributed by atoms with Crippen molar-refractivity contribution in [3.8, 4) is 11.5 Å². The van der Waals surface area contributed by atoms with Gasteiger partial charge in [0.1, 0.15) is 5.75 Å². The minimum absolute atomic E-state index is 0.0116. The van der Waals surface area contributed by atoms with E-state index in [1.165, 1.54) is 6.07 Å². The van der Waals surface area contributed by atoms with E-state index in [2.05, 4.69) is 0 Å². The number of carbonyl (C=O) groups is 1. The minimum Gasteiger partial charge on any atom is -0.454 e. The summed E-state index contributed by atoms with van der Waals surface area (Å²) >= 11 is 0. The highest BCUT2D eigenvalue weighted by Gasteiger charge is 2.13. The standard InChI is InChI=1S/C15H15FN2O2/c1-8-3-4-10(5-9(8)2)20-14-6-11(15(18)19)13(17)7-12(14)16/h3-7H,17H2,1-2H3,(H2,18,19). The summed E-state index contributed by atoms with van der Waals surface area (Å²) in [6.07, 6.45) is 0. The summed E-state index contributed by atoms with van der Waals surface area (Å²) < 4.78 is 19.3. The van der Waals surface area contributed by atoms with Gasteiger partial charge in [-0.1, -0.05) is 6.07 Å². The van der Waals surface area contributed by atoms with Crippen molar-refractivity contribution in [3.63, 3.8) is 0 Å². The molecule has 0 saturated carbocycles.